The van der Waals surface area contributed by atoms with Crippen LogP contribution in [0.3, 0.4) is 0 Å². The molecule has 0 spiro atoms. The van der Waals surface area contributed by atoms with Crippen LogP contribution in [0.4, 0.5) is 0 Å². The van der Waals surface area contributed by atoms with Crippen molar-refractivity contribution in [2.24, 2.45) is 0 Å². The minimum absolute atomic E-state index is 0.272. The molecule has 1 heterocycles. The largest absolute Gasteiger partial charge is 0.316 e. The Kier molecular flexibility index (Phi) is 5.95. The first-order valence-electron chi connectivity index (χ1n) is 6.48. The Morgan fingerprint density at radius 2 is 2.10 bits per heavy atom. The molecule has 0 atom stereocenters. The molecule has 0 amide bonds. The number of hydrogen-bond acceptors (Lipinski definition) is 4. The molecule has 1 aromatic carbocycles. The maximum Gasteiger partial charge on any atom is 0.241 e. The van der Waals surface area contributed by atoms with Crippen LogP contribution in [-0.4, -0.2) is 22.0 Å². The predicted molar refractivity (Wildman–Crippen MR) is 90.1 cm³/mol. The molecule has 114 valence electrons. The number of hydrogen-bond donors (Lipinski definition) is 2. The molecule has 0 fully saturated rings. The summed E-state index contributed by atoms with van der Waals surface area (Å²) in [6, 6.07) is 9.23. The third-order valence-corrected chi connectivity index (χ3v) is 6.28. The smallest absolute Gasteiger partial charge is 0.241 e. The van der Waals surface area contributed by atoms with Crippen molar-refractivity contribution >= 4 is 37.3 Å². The monoisotopic (exact) mass is 388 g/mol. The number of thiophene rings is 1. The molecule has 7 heteroatoms. The Morgan fingerprint density at radius 3 is 2.71 bits per heavy atom. The van der Waals surface area contributed by atoms with Crippen LogP contribution < -0.4 is 10.0 Å². The van der Waals surface area contributed by atoms with Gasteiger partial charge in [0.1, 0.15) is 0 Å². The van der Waals surface area contributed by atoms with E-state index in [1.165, 1.54) is 4.88 Å². The van der Waals surface area contributed by atoms with Crippen LogP contribution >= 0.6 is 27.3 Å². The molecule has 0 unspecified atom stereocenters. The van der Waals surface area contributed by atoms with E-state index in [1.807, 2.05) is 36.7 Å². The van der Waals surface area contributed by atoms with Gasteiger partial charge in [-0.05, 0) is 58.5 Å². The first kappa shape index (κ1) is 16.6. The summed E-state index contributed by atoms with van der Waals surface area (Å²) in [7, 11) is -1.64. The highest BCUT2D eigenvalue weighted by Gasteiger charge is 2.17. The second-order valence-corrected chi connectivity index (χ2v) is 8.14. The van der Waals surface area contributed by atoms with Crippen LogP contribution in [0.1, 0.15) is 10.4 Å². The van der Waals surface area contributed by atoms with Gasteiger partial charge in [-0.2, -0.15) is 0 Å². The average molecular weight is 389 g/mol. The fraction of sp³-hybridized carbons (Fsp3) is 0.286. The molecule has 0 saturated heterocycles. The second kappa shape index (κ2) is 7.51. The van der Waals surface area contributed by atoms with Gasteiger partial charge in [0.05, 0.1) is 4.90 Å². The standard InChI is InChI=1S/C14H17BrN2O2S2/c1-16-10-11-4-5-14(13(15)9-11)21(18,19)17-7-6-12-3-2-8-20-12/h2-5,8-9,16-17H,6-7,10H2,1H3. The van der Waals surface area contributed by atoms with Gasteiger partial charge in [-0.3, -0.25) is 0 Å². The molecule has 0 bridgehead atoms. The highest BCUT2D eigenvalue weighted by atomic mass is 79.9. The SMILES string of the molecule is CNCc1ccc(S(=O)(=O)NCCc2cccs2)c(Br)c1. The van der Waals surface area contributed by atoms with E-state index in [4.69, 9.17) is 0 Å². The van der Waals surface area contributed by atoms with Crippen molar-refractivity contribution in [3.05, 3.63) is 50.6 Å². The fourth-order valence-electron chi connectivity index (χ4n) is 1.92. The third kappa shape index (κ3) is 4.62. The van der Waals surface area contributed by atoms with Crippen molar-refractivity contribution in [1.29, 1.82) is 0 Å². The van der Waals surface area contributed by atoms with Crippen LogP contribution in [0.15, 0.2) is 45.1 Å². The van der Waals surface area contributed by atoms with E-state index in [1.54, 1.807) is 17.4 Å². The predicted octanol–water partition coefficient (Wildman–Crippen LogP) is 2.75. The quantitative estimate of drug-likeness (QED) is 0.766. The molecule has 0 radical (unpaired) electrons. The van der Waals surface area contributed by atoms with Gasteiger partial charge in [-0.1, -0.05) is 12.1 Å². The fourth-order valence-corrected chi connectivity index (χ4v) is 4.78. The van der Waals surface area contributed by atoms with Gasteiger partial charge in [0.15, 0.2) is 0 Å². The van der Waals surface area contributed by atoms with Crippen molar-refractivity contribution < 1.29 is 8.42 Å². The second-order valence-electron chi connectivity index (χ2n) is 4.52. The molecule has 21 heavy (non-hydrogen) atoms. The van der Waals surface area contributed by atoms with Crippen LogP contribution in [0.5, 0.6) is 0 Å². The highest BCUT2D eigenvalue weighted by Crippen LogP contribution is 2.23. The number of halogens is 1. The summed E-state index contributed by atoms with van der Waals surface area (Å²) < 4.78 is 27.8. The van der Waals surface area contributed by atoms with Crippen molar-refractivity contribution in [2.75, 3.05) is 13.6 Å². The maximum atomic E-state index is 12.3. The van der Waals surface area contributed by atoms with Gasteiger partial charge in [-0.25, -0.2) is 13.1 Å². The lowest BCUT2D eigenvalue weighted by Crippen LogP contribution is -2.26. The van der Waals surface area contributed by atoms with E-state index >= 15 is 0 Å². The summed E-state index contributed by atoms with van der Waals surface area (Å²) in [4.78, 5) is 1.44. The average Bonchev–Trinajstić information content (AvgIpc) is 2.92. The molecule has 0 aliphatic carbocycles. The van der Waals surface area contributed by atoms with Gasteiger partial charge in [0, 0.05) is 22.4 Å². The zero-order valence-corrected chi connectivity index (χ0v) is 14.8. The van der Waals surface area contributed by atoms with Crippen LogP contribution in [-0.2, 0) is 23.0 Å². The highest BCUT2D eigenvalue weighted by molar-refractivity contribution is 9.10. The molecule has 0 aliphatic heterocycles. The molecule has 0 aliphatic rings. The molecule has 2 aromatic rings. The Labute approximate surface area is 137 Å². The Hall–Kier alpha value is -0.730. The van der Waals surface area contributed by atoms with Gasteiger partial charge >= 0.3 is 0 Å². The number of sulfonamides is 1. The first-order chi connectivity index (χ1) is 10.0. The summed E-state index contributed by atoms with van der Waals surface area (Å²) >= 11 is 4.97. The maximum absolute atomic E-state index is 12.3. The van der Waals surface area contributed by atoms with Crippen LogP contribution in [0, 0.1) is 0 Å². The minimum Gasteiger partial charge on any atom is -0.316 e. The van der Waals surface area contributed by atoms with E-state index in [0.29, 0.717) is 24.0 Å². The normalized spacial score (nSPS) is 11.7. The lowest BCUT2D eigenvalue weighted by Gasteiger charge is -2.09. The lowest BCUT2D eigenvalue weighted by molar-refractivity contribution is 0.581. The van der Waals surface area contributed by atoms with Gasteiger partial charge in [-0.15, -0.1) is 11.3 Å². The first-order valence-corrected chi connectivity index (χ1v) is 9.63. The van der Waals surface area contributed by atoms with Crippen molar-refractivity contribution in [3.8, 4) is 0 Å². The molecular formula is C14H17BrN2O2S2. The van der Waals surface area contributed by atoms with E-state index in [0.717, 1.165) is 5.56 Å². The molecule has 2 rings (SSSR count). The van der Waals surface area contributed by atoms with Crippen molar-refractivity contribution in [3.63, 3.8) is 0 Å². The van der Waals surface area contributed by atoms with Gasteiger partial charge in [0.2, 0.25) is 10.0 Å². The lowest BCUT2D eigenvalue weighted by atomic mass is 10.2. The molecule has 4 nitrogen and oxygen atoms in total. The Bertz CT molecular complexity index is 685. The molecule has 2 N–H and O–H groups in total. The van der Waals surface area contributed by atoms with Crippen molar-refractivity contribution in [2.45, 2.75) is 17.9 Å². The van der Waals surface area contributed by atoms with E-state index in [9.17, 15) is 8.42 Å². The third-order valence-electron chi connectivity index (χ3n) is 2.91. The zero-order valence-electron chi connectivity index (χ0n) is 11.6. The number of nitrogens with one attached hydrogen (secondary N) is 2. The summed E-state index contributed by atoms with van der Waals surface area (Å²) in [5, 5.41) is 5.02. The molecule has 1 aromatic heterocycles. The topological polar surface area (TPSA) is 58.2 Å². The minimum atomic E-state index is -3.49. The molecular weight excluding hydrogens is 372 g/mol. The summed E-state index contributed by atoms with van der Waals surface area (Å²) in [5.41, 5.74) is 1.03. The van der Waals surface area contributed by atoms with Gasteiger partial charge in [0.25, 0.3) is 0 Å². The Morgan fingerprint density at radius 1 is 1.29 bits per heavy atom. The van der Waals surface area contributed by atoms with Crippen molar-refractivity contribution in [1.82, 2.24) is 10.0 Å². The van der Waals surface area contributed by atoms with E-state index < -0.39 is 10.0 Å². The number of rotatable bonds is 7. The van der Waals surface area contributed by atoms with Crippen LogP contribution in [0.2, 0.25) is 0 Å². The summed E-state index contributed by atoms with van der Waals surface area (Å²) in [5.74, 6) is 0. The summed E-state index contributed by atoms with van der Waals surface area (Å²) in [6.07, 6.45) is 0.701. The zero-order chi connectivity index (χ0) is 15.3. The van der Waals surface area contributed by atoms with Crippen LogP contribution in [0.25, 0.3) is 0 Å². The molecule has 0 saturated carbocycles. The van der Waals surface area contributed by atoms with Gasteiger partial charge < -0.3 is 5.32 Å². The number of benzene rings is 1. The van der Waals surface area contributed by atoms with E-state index in [-0.39, 0.29) is 4.90 Å². The van der Waals surface area contributed by atoms with E-state index in [2.05, 4.69) is 26.0 Å². The summed E-state index contributed by atoms with van der Waals surface area (Å²) in [6.45, 7) is 1.10. The Balaban J connectivity index is 2.04.